The summed E-state index contributed by atoms with van der Waals surface area (Å²) in [5.41, 5.74) is 0.965. The maximum absolute atomic E-state index is 5.36. The molecular weight excluding hydrogens is 230 g/mol. The molecule has 0 bridgehead atoms. The molecule has 0 amide bonds. The number of nitrogens with one attached hydrogen (secondary N) is 1. The predicted molar refractivity (Wildman–Crippen MR) is 71.3 cm³/mol. The molecule has 1 N–H and O–H groups in total. The molecule has 0 saturated carbocycles. The van der Waals surface area contributed by atoms with Gasteiger partial charge >= 0.3 is 0 Å². The van der Waals surface area contributed by atoms with Crippen LogP contribution in [0.2, 0.25) is 0 Å². The Bertz CT molecular complexity index is 315. The molecule has 0 radical (unpaired) electrons. The van der Waals surface area contributed by atoms with Crippen molar-refractivity contribution in [3.05, 3.63) is 17.5 Å². The Balaban J connectivity index is 2.36. The molecule has 104 valence electrons. The van der Waals surface area contributed by atoms with Crippen molar-refractivity contribution in [1.29, 1.82) is 0 Å². The highest BCUT2D eigenvalue weighted by Gasteiger charge is 2.08. The topological polar surface area (TPSA) is 50.5 Å². The maximum Gasteiger partial charge on any atom is 0.151 e. The summed E-state index contributed by atoms with van der Waals surface area (Å²) >= 11 is 0. The van der Waals surface area contributed by atoms with E-state index < -0.39 is 0 Å². The largest absolute Gasteiger partial charge is 0.380 e. The molecule has 1 aromatic heterocycles. The number of hydrogen-bond donors (Lipinski definition) is 1. The van der Waals surface area contributed by atoms with Gasteiger partial charge in [-0.1, -0.05) is 19.0 Å². The van der Waals surface area contributed by atoms with Gasteiger partial charge in [-0.15, -0.1) is 0 Å². The van der Waals surface area contributed by atoms with Gasteiger partial charge < -0.3 is 14.6 Å². The lowest BCUT2D eigenvalue weighted by atomic mass is 10.3. The Labute approximate surface area is 109 Å². The van der Waals surface area contributed by atoms with Crippen LogP contribution in [0.25, 0.3) is 0 Å². The lowest BCUT2D eigenvalue weighted by molar-refractivity contribution is 0.109. The van der Waals surface area contributed by atoms with Crippen LogP contribution in [0.5, 0.6) is 0 Å². The van der Waals surface area contributed by atoms with Gasteiger partial charge in [0.1, 0.15) is 0 Å². The molecule has 18 heavy (non-hydrogen) atoms. The van der Waals surface area contributed by atoms with Gasteiger partial charge in [-0.3, -0.25) is 4.90 Å². The highest BCUT2D eigenvalue weighted by molar-refractivity contribution is 5.05. The SMILES string of the molecule is CCNCc1cc(CN(CC)CCOCC)on1. The fraction of sp³-hybridized carbons (Fsp3) is 0.769. The maximum atomic E-state index is 5.36. The van der Waals surface area contributed by atoms with Gasteiger partial charge in [0.15, 0.2) is 5.76 Å². The summed E-state index contributed by atoms with van der Waals surface area (Å²) in [6, 6.07) is 2.02. The molecule has 0 aromatic carbocycles. The third kappa shape index (κ3) is 5.62. The molecule has 5 nitrogen and oxygen atoms in total. The summed E-state index contributed by atoms with van der Waals surface area (Å²) in [5.74, 6) is 0.918. The van der Waals surface area contributed by atoms with Crippen molar-refractivity contribution in [3.63, 3.8) is 0 Å². The second-order valence-corrected chi connectivity index (χ2v) is 4.13. The van der Waals surface area contributed by atoms with Crippen molar-refractivity contribution in [1.82, 2.24) is 15.4 Å². The Kier molecular flexibility index (Phi) is 7.64. The molecular formula is C13H25N3O2. The van der Waals surface area contributed by atoms with E-state index in [9.17, 15) is 0 Å². The first-order valence-electron chi connectivity index (χ1n) is 6.75. The third-order valence-corrected chi connectivity index (χ3v) is 2.75. The Morgan fingerprint density at radius 1 is 1.39 bits per heavy atom. The summed E-state index contributed by atoms with van der Waals surface area (Å²) in [6.07, 6.45) is 0. The van der Waals surface area contributed by atoms with Crippen LogP contribution in [0.3, 0.4) is 0 Å². The van der Waals surface area contributed by atoms with Gasteiger partial charge in [-0.2, -0.15) is 0 Å². The van der Waals surface area contributed by atoms with E-state index in [1.807, 2.05) is 13.0 Å². The average Bonchev–Trinajstić information content (AvgIpc) is 2.83. The fourth-order valence-electron chi connectivity index (χ4n) is 1.67. The zero-order chi connectivity index (χ0) is 13.2. The minimum Gasteiger partial charge on any atom is -0.380 e. The number of likely N-dealkylation sites (N-methyl/N-ethyl adjacent to an activating group) is 1. The lowest BCUT2D eigenvalue weighted by Gasteiger charge is -2.18. The van der Waals surface area contributed by atoms with Gasteiger partial charge in [0.05, 0.1) is 18.8 Å². The van der Waals surface area contributed by atoms with Gasteiger partial charge in [-0.25, -0.2) is 0 Å². The number of aromatic nitrogens is 1. The summed E-state index contributed by atoms with van der Waals surface area (Å²) < 4.78 is 10.7. The van der Waals surface area contributed by atoms with Crippen LogP contribution in [-0.2, 0) is 17.8 Å². The molecule has 0 unspecified atom stereocenters. The second kappa shape index (κ2) is 9.08. The summed E-state index contributed by atoms with van der Waals surface area (Å²) in [6.45, 7) is 12.2. The lowest BCUT2D eigenvalue weighted by Crippen LogP contribution is -2.26. The summed E-state index contributed by atoms with van der Waals surface area (Å²) in [5, 5.41) is 7.27. The van der Waals surface area contributed by atoms with Crippen molar-refractivity contribution in [2.75, 3.05) is 32.8 Å². The standard InChI is InChI=1S/C13H25N3O2/c1-4-14-10-12-9-13(18-15-12)11-16(5-2)7-8-17-6-3/h9,14H,4-8,10-11H2,1-3H3. The minimum atomic E-state index is 0.767. The predicted octanol–water partition coefficient (Wildman–Crippen LogP) is 1.64. The Morgan fingerprint density at radius 2 is 2.22 bits per heavy atom. The van der Waals surface area contributed by atoms with E-state index in [0.717, 1.165) is 57.4 Å². The minimum absolute atomic E-state index is 0.767. The monoisotopic (exact) mass is 255 g/mol. The average molecular weight is 255 g/mol. The van der Waals surface area contributed by atoms with Crippen molar-refractivity contribution in [2.24, 2.45) is 0 Å². The summed E-state index contributed by atoms with van der Waals surface area (Å²) in [4.78, 5) is 2.28. The Morgan fingerprint density at radius 3 is 2.89 bits per heavy atom. The highest BCUT2D eigenvalue weighted by atomic mass is 16.5. The van der Waals surface area contributed by atoms with E-state index in [1.165, 1.54) is 0 Å². The molecule has 0 aliphatic rings. The van der Waals surface area contributed by atoms with Gasteiger partial charge in [0, 0.05) is 25.8 Å². The van der Waals surface area contributed by atoms with Gasteiger partial charge in [0.25, 0.3) is 0 Å². The van der Waals surface area contributed by atoms with E-state index in [0.29, 0.717) is 0 Å². The van der Waals surface area contributed by atoms with E-state index in [-0.39, 0.29) is 0 Å². The molecule has 0 aliphatic carbocycles. The van der Waals surface area contributed by atoms with Crippen LogP contribution in [0.4, 0.5) is 0 Å². The van der Waals surface area contributed by atoms with Gasteiger partial charge in [-0.05, 0) is 20.0 Å². The molecule has 1 heterocycles. The van der Waals surface area contributed by atoms with Crippen LogP contribution in [0.1, 0.15) is 32.2 Å². The number of rotatable bonds is 10. The highest BCUT2D eigenvalue weighted by Crippen LogP contribution is 2.07. The molecule has 1 rings (SSSR count). The first-order chi connectivity index (χ1) is 8.80. The van der Waals surface area contributed by atoms with E-state index >= 15 is 0 Å². The van der Waals surface area contributed by atoms with E-state index in [2.05, 4.69) is 29.2 Å². The van der Waals surface area contributed by atoms with Gasteiger partial charge in [0.2, 0.25) is 0 Å². The van der Waals surface area contributed by atoms with Crippen LogP contribution in [-0.4, -0.2) is 42.9 Å². The molecule has 0 aliphatic heterocycles. The molecule has 0 atom stereocenters. The normalized spacial score (nSPS) is 11.3. The fourth-order valence-corrected chi connectivity index (χ4v) is 1.67. The molecule has 0 fully saturated rings. The zero-order valence-electron chi connectivity index (χ0n) is 11.7. The van der Waals surface area contributed by atoms with Crippen molar-refractivity contribution in [2.45, 2.75) is 33.9 Å². The van der Waals surface area contributed by atoms with E-state index in [4.69, 9.17) is 9.26 Å². The van der Waals surface area contributed by atoms with Crippen LogP contribution in [0, 0.1) is 0 Å². The molecule has 0 saturated heterocycles. The first-order valence-corrected chi connectivity index (χ1v) is 6.75. The quantitative estimate of drug-likeness (QED) is 0.644. The van der Waals surface area contributed by atoms with Crippen molar-refractivity contribution < 1.29 is 9.26 Å². The van der Waals surface area contributed by atoms with Crippen molar-refractivity contribution in [3.8, 4) is 0 Å². The van der Waals surface area contributed by atoms with Crippen molar-refractivity contribution >= 4 is 0 Å². The molecule has 5 heteroatoms. The number of ether oxygens (including phenoxy) is 1. The van der Waals surface area contributed by atoms with Crippen LogP contribution < -0.4 is 5.32 Å². The second-order valence-electron chi connectivity index (χ2n) is 4.13. The van der Waals surface area contributed by atoms with Crippen LogP contribution >= 0.6 is 0 Å². The van der Waals surface area contributed by atoms with Crippen LogP contribution in [0.15, 0.2) is 10.6 Å². The smallest absolute Gasteiger partial charge is 0.151 e. The molecule has 1 aromatic rings. The summed E-state index contributed by atoms with van der Waals surface area (Å²) in [7, 11) is 0. The Hall–Kier alpha value is -0.910. The molecule has 0 spiro atoms. The number of hydrogen-bond acceptors (Lipinski definition) is 5. The third-order valence-electron chi connectivity index (χ3n) is 2.75. The van der Waals surface area contributed by atoms with E-state index in [1.54, 1.807) is 0 Å². The first kappa shape index (κ1) is 15.1. The zero-order valence-corrected chi connectivity index (χ0v) is 11.7. The number of nitrogens with zero attached hydrogens (tertiary/aromatic N) is 2.